The van der Waals surface area contributed by atoms with Crippen molar-refractivity contribution >= 4 is 51.0 Å². The Hall–Kier alpha value is -3.69. The number of benzene rings is 2. The topological polar surface area (TPSA) is 131 Å². The monoisotopic (exact) mass is 492 g/mol. The largest absolute Gasteiger partial charge is 0.507 e. The summed E-state index contributed by atoms with van der Waals surface area (Å²) >= 11 is 12.1. The number of nitrogens with one attached hydrogen (secondary N) is 2. The Labute approximate surface area is 196 Å². The van der Waals surface area contributed by atoms with Gasteiger partial charge in [0.1, 0.15) is 33.0 Å². The van der Waals surface area contributed by atoms with Crippen LogP contribution >= 0.6 is 23.2 Å². The summed E-state index contributed by atoms with van der Waals surface area (Å²) in [6.07, 6.45) is 0. The number of aromatic hydroxyl groups is 1. The van der Waals surface area contributed by atoms with Crippen LogP contribution in [0.4, 0.5) is 0 Å². The maximum Gasteiger partial charge on any atom is 0.354 e. The van der Waals surface area contributed by atoms with Crippen LogP contribution in [-0.4, -0.2) is 42.4 Å². The molecular weight excluding hydrogens is 475 g/mol. The predicted octanol–water partition coefficient (Wildman–Crippen LogP) is 3.87. The maximum atomic E-state index is 11.8. The van der Waals surface area contributed by atoms with Gasteiger partial charge >= 0.3 is 5.97 Å². The van der Waals surface area contributed by atoms with Gasteiger partial charge < -0.3 is 29.3 Å². The lowest BCUT2D eigenvalue weighted by molar-refractivity contribution is 0.0594. The van der Waals surface area contributed by atoms with Crippen LogP contribution in [0.25, 0.3) is 21.8 Å². The fraction of sp³-hybridized carbons (Fsp3) is 0.136. The Morgan fingerprint density at radius 2 is 1.39 bits per heavy atom. The van der Waals surface area contributed by atoms with Crippen molar-refractivity contribution in [2.24, 2.45) is 0 Å². The summed E-state index contributed by atoms with van der Waals surface area (Å²) in [6.45, 7) is 0. The van der Waals surface area contributed by atoms with E-state index in [1.54, 1.807) is 24.3 Å². The number of carbonyl (C=O) groups excluding carboxylic acids is 1. The summed E-state index contributed by atoms with van der Waals surface area (Å²) in [6, 6.07) is 8.72. The molecule has 11 heteroatoms. The molecule has 4 aromatic rings. The van der Waals surface area contributed by atoms with Crippen LogP contribution in [0.3, 0.4) is 0 Å². The highest BCUT2D eigenvalue weighted by Crippen LogP contribution is 2.34. The normalized spacial score (nSPS) is 10.5. The molecule has 0 aliphatic rings. The van der Waals surface area contributed by atoms with Crippen LogP contribution < -0.4 is 20.5 Å². The fourth-order valence-corrected chi connectivity index (χ4v) is 3.63. The number of aromatic amines is 2. The number of fused-ring (bicyclic) bond motifs is 2. The minimum absolute atomic E-state index is 0.0464. The SMILES string of the molecule is COC(=O)c1cc(=O)c2ccc(OC)c(Cl)c2[nH]1.COc1ccc2c(O)cc(=O)[nH]c2c1Cl. The number of esters is 1. The number of halogens is 2. The molecule has 2 aromatic carbocycles. The molecule has 0 amide bonds. The second kappa shape index (κ2) is 9.85. The lowest BCUT2D eigenvalue weighted by Crippen LogP contribution is -2.11. The first-order valence-electron chi connectivity index (χ1n) is 9.28. The van der Waals surface area contributed by atoms with Gasteiger partial charge in [-0.3, -0.25) is 9.59 Å². The van der Waals surface area contributed by atoms with Crippen molar-refractivity contribution in [2.75, 3.05) is 21.3 Å². The second-order valence-electron chi connectivity index (χ2n) is 6.57. The standard InChI is InChI=1S/C12H10ClNO4.C10H8ClNO3/c1-17-9-4-3-6-8(15)5-7(12(16)18-2)14-11(6)10(9)13;1-15-7-3-2-5-6(13)4-8(14)12-10(5)9(7)11/h3-5H,1-2H3,(H,14,15);2-4H,1H3,(H2,12,13,14). The average molecular weight is 493 g/mol. The highest BCUT2D eigenvalue weighted by Gasteiger charge is 2.14. The molecule has 33 heavy (non-hydrogen) atoms. The molecule has 0 radical (unpaired) electrons. The van der Waals surface area contributed by atoms with Gasteiger partial charge in [0.15, 0.2) is 5.43 Å². The van der Waals surface area contributed by atoms with E-state index in [0.717, 1.165) is 6.07 Å². The number of carbonyl (C=O) groups is 1. The molecule has 0 saturated heterocycles. The van der Waals surface area contributed by atoms with Crippen LogP contribution in [-0.2, 0) is 4.74 Å². The molecule has 0 unspecified atom stereocenters. The number of pyridine rings is 2. The molecule has 172 valence electrons. The molecule has 0 aliphatic heterocycles. The van der Waals surface area contributed by atoms with Crippen LogP contribution in [0.1, 0.15) is 10.5 Å². The van der Waals surface area contributed by atoms with E-state index in [1.807, 2.05) is 0 Å². The molecule has 4 rings (SSSR count). The fourth-order valence-electron chi connectivity index (χ4n) is 3.05. The van der Waals surface area contributed by atoms with Gasteiger partial charge in [0.25, 0.3) is 5.56 Å². The number of H-pyrrole nitrogens is 2. The van der Waals surface area contributed by atoms with E-state index in [2.05, 4.69) is 14.7 Å². The molecule has 0 aliphatic carbocycles. The number of ether oxygens (including phenoxy) is 3. The number of rotatable bonds is 3. The summed E-state index contributed by atoms with van der Waals surface area (Å²) < 4.78 is 14.6. The van der Waals surface area contributed by atoms with Gasteiger partial charge in [0, 0.05) is 22.9 Å². The van der Waals surface area contributed by atoms with Crippen molar-refractivity contribution in [1.82, 2.24) is 9.97 Å². The van der Waals surface area contributed by atoms with E-state index in [0.29, 0.717) is 33.3 Å². The Kier molecular flexibility index (Phi) is 7.15. The average Bonchev–Trinajstić information content (AvgIpc) is 2.80. The summed E-state index contributed by atoms with van der Waals surface area (Å²) in [4.78, 5) is 39.7. The molecule has 0 atom stereocenters. The first kappa shape index (κ1) is 24.0. The molecule has 0 saturated carbocycles. The molecular formula is C22H18Cl2N2O7. The maximum absolute atomic E-state index is 11.8. The lowest BCUT2D eigenvalue weighted by Gasteiger charge is -2.07. The van der Waals surface area contributed by atoms with Gasteiger partial charge in [0.2, 0.25) is 0 Å². The minimum Gasteiger partial charge on any atom is -0.507 e. The van der Waals surface area contributed by atoms with Crippen LogP contribution in [0.15, 0.2) is 46.0 Å². The zero-order valence-electron chi connectivity index (χ0n) is 17.6. The van der Waals surface area contributed by atoms with Gasteiger partial charge in [-0.05, 0) is 24.3 Å². The summed E-state index contributed by atoms with van der Waals surface area (Å²) in [5.74, 6) is 0.137. The van der Waals surface area contributed by atoms with Gasteiger partial charge in [-0.2, -0.15) is 0 Å². The van der Waals surface area contributed by atoms with E-state index in [9.17, 15) is 19.5 Å². The number of aromatic nitrogens is 2. The first-order valence-corrected chi connectivity index (χ1v) is 10.0. The van der Waals surface area contributed by atoms with Crippen molar-refractivity contribution in [3.8, 4) is 17.2 Å². The lowest BCUT2D eigenvalue weighted by atomic mass is 10.2. The second-order valence-corrected chi connectivity index (χ2v) is 7.32. The Morgan fingerprint density at radius 3 is 1.94 bits per heavy atom. The van der Waals surface area contributed by atoms with Crippen LogP contribution in [0.5, 0.6) is 17.2 Å². The smallest absolute Gasteiger partial charge is 0.354 e. The Balaban J connectivity index is 0.000000189. The van der Waals surface area contributed by atoms with Crippen molar-refractivity contribution in [3.63, 3.8) is 0 Å². The summed E-state index contributed by atoms with van der Waals surface area (Å²) in [5.41, 5.74) is 0.0546. The molecule has 0 fully saturated rings. The zero-order valence-corrected chi connectivity index (χ0v) is 19.1. The minimum atomic E-state index is -0.632. The van der Waals surface area contributed by atoms with Crippen LogP contribution in [0.2, 0.25) is 10.0 Å². The molecule has 0 spiro atoms. The van der Waals surface area contributed by atoms with Gasteiger partial charge in [0.05, 0.1) is 32.4 Å². The highest BCUT2D eigenvalue weighted by atomic mass is 35.5. The van der Waals surface area contributed by atoms with Gasteiger partial charge in [-0.25, -0.2) is 4.79 Å². The predicted molar refractivity (Wildman–Crippen MR) is 125 cm³/mol. The van der Waals surface area contributed by atoms with E-state index < -0.39 is 11.5 Å². The summed E-state index contributed by atoms with van der Waals surface area (Å²) in [7, 11) is 4.18. The third-order valence-electron chi connectivity index (χ3n) is 4.65. The quantitative estimate of drug-likeness (QED) is 0.370. The number of hydrogen-bond donors (Lipinski definition) is 3. The van der Waals surface area contributed by atoms with Crippen molar-refractivity contribution in [3.05, 3.63) is 72.7 Å². The Bertz CT molecular complexity index is 1480. The van der Waals surface area contributed by atoms with E-state index in [4.69, 9.17) is 32.7 Å². The molecule has 0 bridgehead atoms. The van der Waals surface area contributed by atoms with Crippen LogP contribution in [0, 0.1) is 0 Å². The third kappa shape index (κ3) is 4.74. The first-order chi connectivity index (χ1) is 15.7. The van der Waals surface area contributed by atoms with E-state index in [-0.39, 0.29) is 26.9 Å². The molecule has 3 N–H and O–H groups in total. The van der Waals surface area contributed by atoms with Crippen molar-refractivity contribution in [1.29, 1.82) is 0 Å². The summed E-state index contributed by atoms with van der Waals surface area (Å²) in [5, 5.41) is 10.9. The van der Waals surface area contributed by atoms with Crippen molar-refractivity contribution in [2.45, 2.75) is 0 Å². The van der Waals surface area contributed by atoms with E-state index in [1.165, 1.54) is 27.4 Å². The van der Waals surface area contributed by atoms with Crippen molar-refractivity contribution < 1.29 is 24.1 Å². The zero-order chi connectivity index (χ0) is 24.3. The molecule has 9 nitrogen and oxygen atoms in total. The van der Waals surface area contributed by atoms with E-state index >= 15 is 0 Å². The van der Waals surface area contributed by atoms with Gasteiger partial charge in [-0.15, -0.1) is 0 Å². The molecule has 2 aromatic heterocycles. The third-order valence-corrected chi connectivity index (χ3v) is 5.40. The highest BCUT2D eigenvalue weighted by molar-refractivity contribution is 6.37. The number of methoxy groups -OCH3 is 3. The number of hydrogen-bond acceptors (Lipinski definition) is 7. The van der Waals surface area contributed by atoms with Gasteiger partial charge in [-0.1, -0.05) is 23.2 Å². The Morgan fingerprint density at radius 1 is 0.848 bits per heavy atom. The molecule has 2 heterocycles.